The average molecular weight is 691 g/mol. The Bertz CT molecular complexity index is 2910. The van der Waals surface area contributed by atoms with Gasteiger partial charge in [-0.05, 0) is 99.5 Å². The largest absolute Gasteiger partial charge is 0.376 e. The van der Waals surface area contributed by atoms with Crippen molar-refractivity contribution >= 4 is 64.6 Å². The number of rotatable bonds is 3. The monoisotopic (exact) mass is 690 g/mol. The summed E-state index contributed by atoms with van der Waals surface area (Å²) in [5.41, 5.74) is 2.76. The van der Waals surface area contributed by atoms with E-state index in [1.165, 1.54) is 0 Å². The smallest absolute Gasteiger partial charge is 0.141 e. The molecule has 3 aliphatic carbocycles. The van der Waals surface area contributed by atoms with E-state index >= 15 is 0 Å². The van der Waals surface area contributed by atoms with Crippen LogP contribution in [0.3, 0.4) is 0 Å². The highest BCUT2D eigenvalue weighted by molar-refractivity contribution is 6.35. The van der Waals surface area contributed by atoms with E-state index in [0.717, 1.165) is 115 Å². The van der Waals surface area contributed by atoms with Crippen molar-refractivity contribution in [1.82, 2.24) is 0 Å². The van der Waals surface area contributed by atoms with E-state index in [9.17, 15) is 15.3 Å². The van der Waals surface area contributed by atoms with Crippen LogP contribution < -0.4 is 0 Å². The molecule has 0 fully saturated rings. The lowest BCUT2D eigenvalue weighted by molar-refractivity contribution is 0.128. The molecule has 0 spiro atoms. The summed E-state index contributed by atoms with van der Waals surface area (Å²) in [5, 5.41) is 52.4. The van der Waals surface area contributed by atoms with E-state index in [1.807, 2.05) is 91.0 Å². The fourth-order valence-corrected chi connectivity index (χ4v) is 10.8. The van der Waals surface area contributed by atoms with Crippen LogP contribution in [0, 0.1) is 0 Å². The van der Waals surface area contributed by atoms with Gasteiger partial charge >= 0.3 is 0 Å². The van der Waals surface area contributed by atoms with Gasteiger partial charge in [0.25, 0.3) is 0 Å². The van der Waals surface area contributed by atoms with E-state index in [0.29, 0.717) is 0 Å². The molecule has 0 radical (unpaired) electrons. The standard InChI is InChI=1S/C51H30O3/c52-49(34-16-13-28-7-1-4-10-31(28)25-34)37-19-21-39-45-43(37)44-38(49)20-22-40-46(44)48-42(51(40,54)36-18-15-30-9-3-6-12-33(30)27-36)24-23-41(47(45)48)50(39,53)35-17-14-29-8-2-5-11-32(29)26-35/h1-27,52-54H. The molecule has 10 aromatic rings. The Hall–Kier alpha value is -6.36. The molecule has 3 aliphatic rings. The Balaban J connectivity index is 1.19. The Labute approximate surface area is 309 Å². The van der Waals surface area contributed by atoms with Crippen molar-refractivity contribution in [1.29, 1.82) is 0 Å². The molecule has 0 bridgehead atoms. The minimum absolute atomic E-state index is 0.790. The maximum Gasteiger partial charge on any atom is 0.141 e. The normalized spacial score (nSPS) is 21.8. The maximum atomic E-state index is 13.4. The van der Waals surface area contributed by atoms with Gasteiger partial charge in [-0.1, -0.05) is 146 Å². The van der Waals surface area contributed by atoms with E-state index in [4.69, 9.17) is 0 Å². The van der Waals surface area contributed by atoms with Crippen LogP contribution in [0.25, 0.3) is 64.6 Å². The second kappa shape index (κ2) is 9.40. The van der Waals surface area contributed by atoms with Crippen LogP contribution in [0.4, 0.5) is 0 Å². The van der Waals surface area contributed by atoms with Gasteiger partial charge in [-0.25, -0.2) is 0 Å². The topological polar surface area (TPSA) is 60.7 Å². The highest BCUT2D eigenvalue weighted by Gasteiger charge is 2.53. The van der Waals surface area contributed by atoms with Gasteiger partial charge in [0, 0.05) is 33.4 Å². The summed E-state index contributed by atoms with van der Waals surface area (Å²) in [6.07, 6.45) is 0. The molecule has 0 saturated heterocycles. The van der Waals surface area contributed by atoms with Crippen LogP contribution in [-0.4, -0.2) is 15.3 Å². The van der Waals surface area contributed by atoms with Gasteiger partial charge in [0.2, 0.25) is 0 Å². The highest BCUT2D eigenvalue weighted by atomic mass is 16.3. The number of benzene rings is 10. The quantitative estimate of drug-likeness (QED) is 0.162. The minimum atomic E-state index is -1.46. The molecule has 13 rings (SSSR count). The van der Waals surface area contributed by atoms with E-state index < -0.39 is 16.8 Å². The number of hydrogen-bond donors (Lipinski definition) is 3. The van der Waals surface area contributed by atoms with Gasteiger partial charge in [0.1, 0.15) is 16.8 Å². The first kappa shape index (κ1) is 29.1. The molecule has 252 valence electrons. The molecule has 0 unspecified atom stereocenters. The Morgan fingerprint density at radius 2 is 0.463 bits per heavy atom. The number of hydrogen-bond acceptors (Lipinski definition) is 3. The third kappa shape index (κ3) is 3.12. The molecule has 0 saturated carbocycles. The van der Waals surface area contributed by atoms with Crippen LogP contribution in [0.2, 0.25) is 0 Å². The van der Waals surface area contributed by atoms with E-state index in [-0.39, 0.29) is 0 Å². The van der Waals surface area contributed by atoms with Crippen LogP contribution in [0.1, 0.15) is 50.1 Å². The van der Waals surface area contributed by atoms with Crippen molar-refractivity contribution in [2.75, 3.05) is 0 Å². The number of aliphatic hydroxyl groups is 3. The zero-order chi connectivity index (χ0) is 35.7. The molecule has 3 N–H and O–H groups in total. The fraction of sp³-hybridized carbons (Fsp3) is 0.0588. The molecular formula is C51H30O3. The van der Waals surface area contributed by atoms with E-state index in [1.54, 1.807) is 0 Å². The van der Waals surface area contributed by atoms with Crippen LogP contribution in [-0.2, 0) is 16.8 Å². The molecule has 0 aromatic heterocycles. The first-order valence-electron chi connectivity index (χ1n) is 18.6. The second-order valence-electron chi connectivity index (χ2n) is 15.5. The minimum Gasteiger partial charge on any atom is -0.376 e. The Kier molecular flexibility index (Phi) is 5.07. The van der Waals surface area contributed by atoms with Crippen LogP contribution in [0.5, 0.6) is 0 Å². The molecule has 0 amide bonds. The summed E-state index contributed by atoms with van der Waals surface area (Å²) >= 11 is 0. The fourth-order valence-electron chi connectivity index (χ4n) is 10.8. The van der Waals surface area contributed by atoms with Crippen molar-refractivity contribution in [3.63, 3.8) is 0 Å². The Morgan fingerprint density at radius 1 is 0.241 bits per heavy atom. The molecular weight excluding hydrogens is 661 g/mol. The van der Waals surface area contributed by atoms with Crippen molar-refractivity contribution in [3.05, 3.63) is 214 Å². The summed E-state index contributed by atoms with van der Waals surface area (Å²) in [6, 6.07) is 55.6. The van der Waals surface area contributed by atoms with Gasteiger partial charge in [0.15, 0.2) is 0 Å². The lowest BCUT2D eigenvalue weighted by Crippen LogP contribution is -2.28. The summed E-state index contributed by atoms with van der Waals surface area (Å²) in [5.74, 6) is 0. The van der Waals surface area contributed by atoms with Crippen molar-refractivity contribution in [2.45, 2.75) is 16.8 Å². The molecule has 3 heteroatoms. The molecule has 3 nitrogen and oxygen atoms in total. The molecule has 10 aromatic carbocycles. The highest BCUT2D eigenvalue weighted by Crippen LogP contribution is 2.64. The van der Waals surface area contributed by atoms with Gasteiger partial charge in [0.05, 0.1) is 0 Å². The SMILES string of the molecule is OC1(c2ccc3ccccc3c2)c2ccc3c4c2c2c1ccc1c2c2c(ccc(c42)C3(O)c2ccc3ccccc3c2)C1(O)c1ccc2ccccc2c1. The predicted molar refractivity (Wildman–Crippen MR) is 217 cm³/mol. The van der Waals surface area contributed by atoms with Crippen molar-refractivity contribution in [2.24, 2.45) is 0 Å². The third-order valence-corrected chi connectivity index (χ3v) is 13.2. The van der Waals surface area contributed by atoms with Gasteiger partial charge in [-0.3, -0.25) is 0 Å². The third-order valence-electron chi connectivity index (χ3n) is 13.2. The van der Waals surface area contributed by atoms with Crippen LogP contribution in [0.15, 0.2) is 164 Å². The predicted octanol–water partition coefficient (Wildman–Crippen LogP) is 10.4. The maximum absolute atomic E-state index is 13.4. The average Bonchev–Trinajstić information content (AvgIpc) is 3.77. The van der Waals surface area contributed by atoms with Crippen molar-refractivity contribution < 1.29 is 15.3 Å². The summed E-state index contributed by atoms with van der Waals surface area (Å²) < 4.78 is 0. The van der Waals surface area contributed by atoms with Crippen molar-refractivity contribution in [3.8, 4) is 0 Å². The van der Waals surface area contributed by atoms with E-state index in [2.05, 4.69) is 72.8 Å². The zero-order valence-corrected chi connectivity index (χ0v) is 28.9. The zero-order valence-electron chi connectivity index (χ0n) is 28.9. The van der Waals surface area contributed by atoms with Gasteiger partial charge < -0.3 is 15.3 Å². The number of fused-ring (bicyclic) bond motifs is 3. The molecule has 0 aliphatic heterocycles. The first-order chi connectivity index (χ1) is 26.4. The first-order valence-corrected chi connectivity index (χ1v) is 18.6. The van der Waals surface area contributed by atoms with Gasteiger partial charge in [-0.2, -0.15) is 0 Å². The molecule has 0 atom stereocenters. The molecule has 54 heavy (non-hydrogen) atoms. The lowest BCUT2D eigenvalue weighted by atomic mass is 9.80. The second-order valence-corrected chi connectivity index (χ2v) is 15.5. The van der Waals surface area contributed by atoms with Gasteiger partial charge in [-0.15, -0.1) is 0 Å². The molecule has 0 heterocycles. The Morgan fingerprint density at radius 3 is 0.704 bits per heavy atom. The summed E-state index contributed by atoms with van der Waals surface area (Å²) in [7, 11) is 0. The lowest BCUT2D eigenvalue weighted by Gasteiger charge is -2.29. The van der Waals surface area contributed by atoms with Crippen LogP contribution >= 0.6 is 0 Å². The summed E-state index contributed by atoms with van der Waals surface area (Å²) in [6.45, 7) is 0. The summed E-state index contributed by atoms with van der Waals surface area (Å²) in [4.78, 5) is 0.